The Morgan fingerprint density at radius 1 is 1.05 bits per heavy atom. The van der Waals surface area contributed by atoms with Crippen LogP contribution in [0.15, 0.2) is 42.5 Å². The van der Waals surface area contributed by atoms with Crippen LogP contribution in [0.25, 0.3) is 0 Å². The van der Waals surface area contributed by atoms with Gasteiger partial charge in [0.1, 0.15) is 5.92 Å². The molecule has 20 heavy (non-hydrogen) atoms. The van der Waals surface area contributed by atoms with Crippen LogP contribution < -0.4 is 0 Å². The molecule has 2 aromatic rings. The molecule has 0 heterocycles. The van der Waals surface area contributed by atoms with E-state index in [-0.39, 0.29) is 5.78 Å². The van der Waals surface area contributed by atoms with Crippen molar-refractivity contribution in [2.45, 2.75) is 5.92 Å². The summed E-state index contributed by atoms with van der Waals surface area (Å²) in [6, 6.07) is 13.2. The van der Waals surface area contributed by atoms with Gasteiger partial charge in [-0.1, -0.05) is 53.0 Å². The first-order chi connectivity index (χ1) is 9.52. The van der Waals surface area contributed by atoms with Gasteiger partial charge < -0.3 is 0 Å². The van der Waals surface area contributed by atoms with Crippen molar-refractivity contribution in [2.24, 2.45) is 0 Å². The Kier molecular flexibility index (Phi) is 4.67. The Hall–Kier alpha value is -1.53. The predicted octanol–water partition coefficient (Wildman–Crippen LogP) is 5.14. The van der Waals surface area contributed by atoms with Crippen LogP contribution in [0.5, 0.6) is 0 Å². The smallest absolute Gasteiger partial charge is 0.184 e. The third-order valence-electron chi connectivity index (χ3n) is 2.78. The second-order valence-electron chi connectivity index (χ2n) is 4.11. The molecule has 100 valence electrons. The molecular weight excluding hydrogens is 317 g/mol. The highest BCUT2D eigenvalue weighted by Crippen LogP contribution is 2.28. The first kappa shape index (κ1) is 14.9. The molecule has 1 atom stereocenters. The van der Waals surface area contributed by atoms with E-state index in [4.69, 9.17) is 34.8 Å². The largest absolute Gasteiger partial charge is 0.292 e. The summed E-state index contributed by atoms with van der Waals surface area (Å²) in [5.41, 5.74) is 0.891. The lowest BCUT2D eigenvalue weighted by molar-refractivity contribution is 0.0979. The van der Waals surface area contributed by atoms with Crippen LogP contribution in [0.4, 0.5) is 0 Å². The highest BCUT2D eigenvalue weighted by Gasteiger charge is 2.22. The lowest BCUT2D eigenvalue weighted by atomic mass is 9.92. The number of Topliss-reactive ketones (excluding diaryl/α,β-unsaturated/α-hetero) is 1. The molecule has 0 aliphatic rings. The van der Waals surface area contributed by atoms with Gasteiger partial charge in [0.15, 0.2) is 5.78 Å². The van der Waals surface area contributed by atoms with Crippen molar-refractivity contribution in [3.8, 4) is 6.07 Å². The first-order valence-corrected chi connectivity index (χ1v) is 6.80. The maximum Gasteiger partial charge on any atom is 0.184 e. The summed E-state index contributed by atoms with van der Waals surface area (Å²) in [6.45, 7) is 0. The van der Waals surface area contributed by atoms with E-state index in [1.807, 2.05) is 6.07 Å². The zero-order valence-electron chi connectivity index (χ0n) is 10.1. The lowest BCUT2D eigenvalue weighted by Gasteiger charge is -2.10. The van der Waals surface area contributed by atoms with E-state index >= 15 is 0 Å². The molecule has 0 aromatic heterocycles. The molecule has 0 amide bonds. The molecule has 0 saturated heterocycles. The number of carbonyl (C=O) groups excluding carboxylic acids is 1. The van der Waals surface area contributed by atoms with Crippen molar-refractivity contribution in [3.63, 3.8) is 0 Å². The van der Waals surface area contributed by atoms with Gasteiger partial charge >= 0.3 is 0 Å². The minimum absolute atomic E-state index is 0.309. The second-order valence-corrected chi connectivity index (χ2v) is 5.36. The van der Waals surface area contributed by atoms with Crippen molar-refractivity contribution in [3.05, 3.63) is 68.7 Å². The number of hydrogen-bond acceptors (Lipinski definition) is 2. The fourth-order valence-electron chi connectivity index (χ4n) is 1.78. The Bertz CT molecular complexity index is 707. The minimum atomic E-state index is -0.941. The fourth-order valence-corrected chi connectivity index (χ4v) is 2.28. The summed E-state index contributed by atoms with van der Waals surface area (Å²) < 4.78 is 0. The van der Waals surface area contributed by atoms with Crippen LogP contribution in [0.3, 0.4) is 0 Å². The number of hydrogen-bond donors (Lipinski definition) is 0. The van der Waals surface area contributed by atoms with Crippen LogP contribution in [0.1, 0.15) is 21.8 Å². The predicted molar refractivity (Wildman–Crippen MR) is 80.6 cm³/mol. The van der Waals surface area contributed by atoms with E-state index in [1.165, 1.54) is 12.1 Å². The van der Waals surface area contributed by atoms with Gasteiger partial charge in [0.25, 0.3) is 0 Å². The maximum atomic E-state index is 12.4. The topological polar surface area (TPSA) is 40.9 Å². The fraction of sp³-hybridized carbons (Fsp3) is 0.0667. The monoisotopic (exact) mass is 323 g/mol. The molecule has 0 aliphatic heterocycles. The molecule has 2 aromatic carbocycles. The number of carbonyl (C=O) groups is 1. The summed E-state index contributed by atoms with van der Waals surface area (Å²) in [6.07, 6.45) is 0. The lowest BCUT2D eigenvalue weighted by Crippen LogP contribution is -2.11. The Balaban J connectivity index is 2.40. The number of halogens is 3. The SMILES string of the molecule is N#CC(C(=O)c1cccc(Cl)c1)c1ccc(Cl)c(Cl)c1. The standard InChI is InChI=1S/C15H8Cl3NO/c16-11-3-1-2-10(6-11)15(20)12(8-19)9-4-5-13(17)14(18)7-9/h1-7,12H. The Labute approximate surface area is 131 Å². The Morgan fingerprint density at radius 3 is 2.40 bits per heavy atom. The van der Waals surface area contributed by atoms with Crippen LogP contribution >= 0.6 is 34.8 Å². The van der Waals surface area contributed by atoms with Gasteiger partial charge in [0.05, 0.1) is 16.1 Å². The van der Waals surface area contributed by atoms with E-state index in [9.17, 15) is 10.1 Å². The molecule has 0 aliphatic carbocycles. The summed E-state index contributed by atoms with van der Waals surface area (Å²) >= 11 is 17.6. The van der Waals surface area contributed by atoms with Crippen molar-refractivity contribution in [2.75, 3.05) is 0 Å². The van der Waals surface area contributed by atoms with Gasteiger partial charge in [0.2, 0.25) is 0 Å². The van der Waals surface area contributed by atoms with E-state index in [0.29, 0.717) is 26.2 Å². The second kappa shape index (κ2) is 6.28. The average molecular weight is 325 g/mol. The first-order valence-electron chi connectivity index (χ1n) is 5.67. The number of benzene rings is 2. The normalized spacial score (nSPS) is 11.7. The summed E-state index contributed by atoms with van der Waals surface area (Å²) in [4.78, 5) is 12.4. The molecular formula is C15H8Cl3NO. The van der Waals surface area contributed by atoms with Gasteiger partial charge in [-0.25, -0.2) is 0 Å². The molecule has 0 N–H and O–H groups in total. The van der Waals surface area contributed by atoms with E-state index in [1.54, 1.807) is 30.3 Å². The number of nitriles is 1. The average Bonchev–Trinajstić information content (AvgIpc) is 2.43. The quantitative estimate of drug-likeness (QED) is 0.734. The van der Waals surface area contributed by atoms with E-state index < -0.39 is 5.92 Å². The number of rotatable bonds is 3. The highest BCUT2D eigenvalue weighted by molar-refractivity contribution is 6.42. The van der Waals surface area contributed by atoms with Gasteiger partial charge in [0, 0.05) is 10.6 Å². The third-order valence-corrected chi connectivity index (χ3v) is 3.75. The number of ketones is 1. The molecule has 0 bridgehead atoms. The zero-order valence-corrected chi connectivity index (χ0v) is 12.4. The number of nitrogens with zero attached hydrogens (tertiary/aromatic N) is 1. The molecule has 2 nitrogen and oxygen atoms in total. The van der Waals surface area contributed by atoms with E-state index in [0.717, 1.165) is 0 Å². The highest BCUT2D eigenvalue weighted by atomic mass is 35.5. The van der Waals surface area contributed by atoms with Gasteiger partial charge in [-0.2, -0.15) is 5.26 Å². The van der Waals surface area contributed by atoms with Crippen molar-refractivity contribution >= 4 is 40.6 Å². The van der Waals surface area contributed by atoms with Gasteiger partial charge in [-0.15, -0.1) is 0 Å². The molecule has 1 unspecified atom stereocenters. The van der Waals surface area contributed by atoms with Crippen LogP contribution in [-0.2, 0) is 0 Å². The molecule has 0 radical (unpaired) electrons. The minimum Gasteiger partial charge on any atom is -0.292 e. The molecule has 0 spiro atoms. The summed E-state index contributed by atoms with van der Waals surface area (Å²) in [7, 11) is 0. The van der Waals surface area contributed by atoms with Crippen LogP contribution in [0, 0.1) is 11.3 Å². The van der Waals surface area contributed by atoms with Crippen molar-refractivity contribution < 1.29 is 4.79 Å². The van der Waals surface area contributed by atoms with Crippen molar-refractivity contribution in [1.29, 1.82) is 5.26 Å². The molecule has 0 saturated carbocycles. The van der Waals surface area contributed by atoms with Gasteiger partial charge in [-0.3, -0.25) is 4.79 Å². The van der Waals surface area contributed by atoms with Crippen LogP contribution in [-0.4, -0.2) is 5.78 Å². The Morgan fingerprint density at radius 2 is 1.80 bits per heavy atom. The summed E-state index contributed by atoms with van der Waals surface area (Å²) in [5.74, 6) is -1.27. The summed E-state index contributed by atoms with van der Waals surface area (Å²) in [5, 5.41) is 10.4. The van der Waals surface area contributed by atoms with Gasteiger partial charge in [-0.05, 0) is 29.8 Å². The van der Waals surface area contributed by atoms with Crippen LogP contribution in [0.2, 0.25) is 15.1 Å². The molecule has 0 fully saturated rings. The zero-order chi connectivity index (χ0) is 14.7. The molecule has 5 heteroatoms. The van der Waals surface area contributed by atoms with Crippen molar-refractivity contribution in [1.82, 2.24) is 0 Å². The molecule has 2 rings (SSSR count). The maximum absolute atomic E-state index is 12.4. The van der Waals surface area contributed by atoms with E-state index in [2.05, 4.69) is 0 Å². The third kappa shape index (κ3) is 3.13.